The molecule has 2 rings (SSSR count). The first kappa shape index (κ1) is 17.6. The first-order chi connectivity index (χ1) is 9.62. The highest BCUT2D eigenvalue weighted by Gasteiger charge is 2.27. The van der Waals surface area contributed by atoms with Crippen LogP contribution in [-0.4, -0.2) is 85.9 Å². The first-order valence-corrected chi connectivity index (χ1v) is 8.25. The number of piperazine rings is 1. The molecule has 0 aromatic rings. The molecule has 0 radical (unpaired) electrons. The fourth-order valence-corrected chi connectivity index (χ4v) is 2.81. The fourth-order valence-electron chi connectivity index (χ4n) is 2.81. The van der Waals surface area contributed by atoms with Gasteiger partial charge < -0.3 is 15.1 Å². The van der Waals surface area contributed by atoms with Crippen molar-refractivity contribution in [2.45, 2.75) is 25.8 Å². The van der Waals surface area contributed by atoms with Gasteiger partial charge in [-0.15, -0.1) is 0 Å². The third kappa shape index (κ3) is 5.50. The average molecular weight is 302 g/mol. The summed E-state index contributed by atoms with van der Waals surface area (Å²) in [4.78, 5) is 18.4. The Balaban J connectivity index is 0.000000612. The van der Waals surface area contributed by atoms with Crippen LogP contribution in [0.15, 0.2) is 0 Å². The molecule has 2 saturated heterocycles. The van der Waals surface area contributed by atoms with Gasteiger partial charge in [0.25, 0.3) is 0 Å². The molecule has 0 spiro atoms. The zero-order valence-corrected chi connectivity index (χ0v) is 14.0. The minimum Gasteiger partial charge on any atom is -0.341 e. The molecule has 118 valence electrons. The second-order valence-corrected chi connectivity index (χ2v) is 6.06. The lowest BCUT2D eigenvalue weighted by atomic mass is 10.0. The van der Waals surface area contributed by atoms with E-state index < -0.39 is 0 Å². The molecule has 6 heteroatoms. The van der Waals surface area contributed by atoms with Crippen molar-refractivity contribution in [2.24, 2.45) is 0 Å². The van der Waals surface area contributed by atoms with E-state index in [1.165, 1.54) is 25.9 Å². The Morgan fingerprint density at radius 3 is 2.10 bits per heavy atom. The quantitative estimate of drug-likeness (QED) is 0.709. The van der Waals surface area contributed by atoms with E-state index in [9.17, 15) is 4.79 Å². The summed E-state index contributed by atoms with van der Waals surface area (Å²) in [6, 6.07) is 0.797. The molecule has 20 heavy (non-hydrogen) atoms. The Morgan fingerprint density at radius 2 is 1.65 bits per heavy atom. The molecule has 0 saturated carbocycles. The number of carbonyl (C=O) groups is 1. The molecular formula is C14H30N4OS. The zero-order chi connectivity index (χ0) is 15.0. The maximum absolute atomic E-state index is 11.5. The molecule has 0 unspecified atom stereocenters. The van der Waals surface area contributed by atoms with E-state index in [1.54, 1.807) is 7.05 Å². The molecule has 2 heterocycles. The van der Waals surface area contributed by atoms with Gasteiger partial charge in [-0.3, -0.25) is 4.90 Å². The topological polar surface area (TPSA) is 38.8 Å². The third-order valence-electron chi connectivity index (χ3n) is 4.02. The second kappa shape index (κ2) is 9.47. The van der Waals surface area contributed by atoms with E-state index in [0.29, 0.717) is 0 Å². The van der Waals surface area contributed by atoms with Gasteiger partial charge in [0.1, 0.15) is 0 Å². The van der Waals surface area contributed by atoms with Crippen molar-refractivity contribution >= 4 is 18.7 Å². The molecule has 5 nitrogen and oxygen atoms in total. The van der Waals surface area contributed by atoms with Gasteiger partial charge in [0.05, 0.1) is 0 Å². The van der Waals surface area contributed by atoms with Gasteiger partial charge in [0.2, 0.25) is 0 Å². The maximum Gasteiger partial charge on any atom is 0.317 e. The fraction of sp³-hybridized carbons (Fsp3) is 0.929. The summed E-state index contributed by atoms with van der Waals surface area (Å²) in [5.41, 5.74) is 0. The number of likely N-dealkylation sites (tertiary alicyclic amines) is 1. The number of amides is 2. The SMILES string of the molecule is CCS.CNC(=O)N1CCN(C2CCN(C)CC2)CC1. The van der Waals surface area contributed by atoms with Crippen molar-refractivity contribution in [3.8, 4) is 0 Å². The third-order valence-corrected chi connectivity index (χ3v) is 4.02. The van der Waals surface area contributed by atoms with Gasteiger partial charge in [0.15, 0.2) is 0 Å². The standard InChI is InChI=1S/C12H24N4O.C2H6S/c1-13-12(17)16-9-7-15(8-10-16)11-3-5-14(2)6-4-11;1-2-3/h11H,3-10H2,1-2H3,(H,13,17);3H,2H2,1H3. The molecule has 2 aliphatic rings. The number of carbonyl (C=O) groups excluding carboxylic acids is 1. The number of urea groups is 1. The lowest BCUT2D eigenvalue weighted by Gasteiger charge is -2.42. The molecule has 1 N–H and O–H groups in total. The van der Waals surface area contributed by atoms with Crippen molar-refractivity contribution < 1.29 is 4.79 Å². The van der Waals surface area contributed by atoms with Crippen LogP contribution in [0.4, 0.5) is 4.79 Å². The lowest BCUT2D eigenvalue weighted by Crippen LogP contribution is -2.55. The molecule has 0 aromatic carbocycles. The Hall–Kier alpha value is -0.460. The molecular weight excluding hydrogens is 272 g/mol. The van der Waals surface area contributed by atoms with Crippen LogP contribution in [0.2, 0.25) is 0 Å². The Morgan fingerprint density at radius 1 is 1.15 bits per heavy atom. The minimum absolute atomic E-state index is 0.0630. The summed E-state index contributed by atoms with van der Waals surface area (Å²) >= 11 is 3.79. The maximum atomic E-state index is 11.5. The van der Waals surface area contributed by atoms with E-state index in [1.807, 2.05) is 11.8 Å². The van der Waals surface area contributed by atoms with Gasteiger partial charge in [0, 0.05) is 39.3 Å². The van der Waals surface area contributed by atoms with Crippen LogP contribution < -0.4 is 5.32 Å². The van der Waals surface area contributed by atoms with Gasteiger partial charge in [-0.25, -0.2) is 4.79 Å². The summed E-state index contributed by atoms with van der Waals surface area (Å²) in [6.07, 6.45) is 2.55. The van der Waals surface area contributed by atoms with Gasteiger partial charge in [-0.1, -0.05) is 6.92 Å². The van der Waals surface area contributed by atoms with E-state index >= 15 is 0 Å². The summed E-state index contributed by atoms with van der Waals surface area (Å²) < 4.78 is 0. The molecule has 0 bridgehead atoms. The molecule has 2 amide bonds. The average Bonchev–Trinajstić information content (AvgIpc) is 2.48. The number of nitrogens with zero attached hydrogens (tertiary/aromatic N) is 3. The van der Waals surface area contributed by atoms with E-state index in [-0.39, 0.29) is 6.03 Å². The highest BCUT2D eigenvalue weighted by atomic mass is 32.1. The predicted molar refractivity (Wildman–Crippen MR) is 87.6 cm³/mol. The first-order valence-electron chi connectivity index (χ1n) is 7.62. The predicted octanol–water partition coefficient (Wildman–Crippen LogP) is 0.974. The smallest absolute Gasteiger partial charge is 0.317 e. The number of hydrogen-bond acceptors (Lipinski definition) is 4. The van der Waals surface area contributed by atoms with Gasteiger partial charge in [-0.05, 0) is 38.7 Å². The van der Waals surface area contributed by atoms with Crippen LogP contribution in [-0.2, 0) is 0 Å². The number of rotatable bonds is 1. The van der Waals surface area contributed by atoms with Crippen LogP contribution in [0.25, 0.3) is 0 Å². The highest BCUT2D eigenvalue weighted by molar-refractivity contribution is 7.80. The largest absolute Gasteiger partial charge is 0.341 e. The number of piperidine rings is 1. The molecule has 2 fully saturated rings. The van der Waals surface area contributed by atoms with Crippen LogP contribution in [0.3, 0.4) is 0 Å². The summed E-state index contributed by atoms with van der Waals surface area (Å²) in [5, 5.41) is 2.70. The Labute approximate surface area is 129 Å². The van der Waals surface area contributed by atoms with Gasteiger partial charge >= 0.3 is 6.03 Å². The van der Waals surface area contributed by atoms with Crippen molar-refractivity contribution in [3.63, 3.8) is 0 Å². The minimum atomic E-state index is 0.0630. The Kier molecular flexibility index (Phi) is 8.33. The second-order valence-electron chi connectivity index (χ2n) is 5.43. The Bertz CT molecular complexity index is 274. The van der Waals surface area contributed by atoms with E-state index in [2.05, 4.69) is 34.8 Å². The van der Waals surface area contributed by atoms with Crippen LogP contribution in [0, 0.1) is 0 Å². The van der Waals surface area contributed by atoms with Gasteiger partial charge in [-0.2, -0.15) is 12.6 Å². The lowest BCUT2D eigenvalue weighted by molar-refractivity contribution is 0.0753. The van der Waals surface area contributed by atoms with Crippen molar-refractivity contribution in [1.29, 1.82) is 0 Å². The number of nitrogens with one attached hydrogen (secondary N) is 1. The van der Waals surface area contributed by atoms with Crippen molar-refractivity contribution in [1.82, 2.24) is 20.0 Å². The monoisotopic (exact) mass is 302 g/mol. The summed E-state index contributed by atoms with van der Waals surface area (Å²) in [7, 11) is 3.89. The summed E-state index contributed by atoms with van der Waals surface area (Å²) in [6.45, 7) is 8.20. The van der Waals surface area contributed by atoms with Crippen molar-refractivity contribution in [3.05, 3.63) is 0 Å². The molecule has 0 aromatic heterocycles. The summed E-state index contributed by atoms with van der Waals surface area (Å²) in [5.74, 6) is 0.944. The molecule has 0 atom stereocenters. The zero-order valence-electron chi connectivity index (χ0n) is 13.1. The number of hydrogen-bond donors (Lipinski definition) is 2. The molecule has 2 aliphatic heterocycles. The van der Waals surface area contributed by atoms with Crippen LogP contribution >= 0.6 is 12.6 Å². The normalized spacial score (nSPS) is 22.1. The van der Waals surface area contributed by atoms with Crippen LogP contribution in [0.5, 0.6) is 0 Å². The number of thiol groups is 1. The van der Waals surface area contributed by atoms with Crippen LogP contribution in [0.1, 0.15) is 19.8 Å². The van der Waals surface area contributed by atoms with Crippen molar-refractivity contribution in [2.75, 3.05) is 59.1 Å². The molecule has 0 aliphatic carbocycles. The van der Waals surface area contributed by atoms with E-state index in [4.69, 9.17) is 0 Å². The van der Waals surface area contributed by atoms with E-state index in [0.717, 1.165) is 38.0 Å². The highest BCUT2D eigenvalue weighted by Crippen LogP contribution is 2.17.